The van der Waals surface area contributed by atoms with E-state index in [4.69, 9.17) is 9.47 Å². The number of ether oxygens (including phenoxy) is 2. The van der Waals surface area contributed by atoms with Crippen molar-refractivity contribution in [2.24, 2.45) is 0 Å². The maximum Gasteiger partial charge on any atom is 0.416 e. The summed E-state index contributed by atoms with van der Waals surface area (Å²) in [6, 6.07) is 14.3. The summed E-state index contributed by atoms with van der Waals surface area (Å²) in [6.07, 6.45) is -2.74. The number of methoxy groups -OCH3 is 1. The molecule has 3 heterocycles. The van der Waals surface area contributed by atoms with Crippen molar-refractivity contribution in [1.29, 1.82) is 5.26 Å². The van der Waals surface area contributed by atoms with Crippen molar-refractivity contribution >= 4 is 16.8 Å². The van der Waals surface area contributed by atoms with Gasteiger partial charge in [-0.15, -0.1) is 0 Å². The minimum Gasteiger partial charge on any atom is -0.494 e. The van der Waals surface area contributed by atoms with Crippen LogP contribution in [0.25, 0.3) is 22.2 Å². The van der Waals surface area contributed by atoms with Crippen LogP contribution in [-0.2, 0) is 17.2 Å². The highest BCUT2D eigenvalue weighted by molar-refractivity contribution is 6.00. The second kappa shape index (κ2) is 9.17. The number of carbonyl (C=O) groups excluding carboxylic acids is 1. The standard InChI is InChI=1S/C30H23F3N4O4/c1-28(14-34)15-41-26-20(28)12-22(36-25(26)16-5-7-19(8-6-16)30(31,32)33)29(39)13-23(29)37-27(38)18-10-17-4-3-9-35-24(17)21(11-18)40-2/h3-12,23,39H,13,15H2,1-2H3,(H,37,38)/t23?,28-,29+/m0/s1. The Bertz CT molecular complexity index is 1750. The second-order valence-corrected chi connectivity index (χ2v) is 10.4. The molecule has 1 fully saturated rings. The van der Waals surface area contributed by atoms with Gasteiger partial charge < -0.3 is 19.9 Å². The van der Waals surface area contributed by atoms with Crippen LogP contribution < -0.4 is 14.8 Å². The number of carbonyl (C=O) groups is 1. The average molecular weight is 561 g/mol. The smallest absolute Gasteiger partial charge is 0.416 e. The molecule has 1 saturated carbocycles. The average Bonchev–Trinajstić information content (AvgIpc) is 3.50. The number of aromatic nitrogens is 2. The van der Waals surface area contributed by atoms with E-state index in [1.54, 1.807) is 43.5 Å². The lowest BCUT2D eigenvalue weighted by Crippen LogP contribution is -2.32. The number of nitrogens with one attached hydrogen (secondary N) is 1. The number of nitrogens with zero attached hydrogens (tertiary/aromatic N) is 3. The van der Waals surface area contributed by atoms with Crippen molar-refractivity contribution in [3.63, 3.8) is 0 Å². The van der Waals surface area contributed by atoms with E-state index in [-0.39, 0.29) is 30.2 Å². The highest BCUT2D eigenvalue weighted by Gasteiger charge is 2.57. The summed E-state index contributed by atoms with van der Waals surface area (Å²) in [4.78, 5) is 22.1. The Balaban J connectivity index is 1.34. The van der Waals surface area contributed by atoms with Crippen molar-refractivity contribution in [1.82, 2.24) is 15.3 Å². The summed E-state index contributed by atoms with van der Waals surface area (Å²) < 4.78 is 50.7. The van der Waals surface area contributed by atoms with Gasteiger partial charge in [0, 0.05) is 34.7 Å². The number of hydrogen-bond acceptors (Lipinski definition) is 7. The summed E-state index contributed by atoms with van der Waals surface area (Å²) in [5.41, 5.74) is -1.32. The van der Waals surface area contributed by atoms with E-state index in [1.807, 2.05) is 0 Å². The van der Waals surface area contributed by atoms with Crippen LogP contribution in [0.1, 0.15) is 40.5 Å². The third-order valence-corrected chi connectivity index (χ3v) is 7.64. The first-order chi connectivity index (χ1) is 19.5. The van der Waals surface area contributed by atoms with Crippen molar-refractivity contribution in [3.05, 3.63) is 83.2 Å². The largest absolute Gasteiger partial charge is 0.494 e. The molecule has 1 aliphatic heterocycles. The maximum atomic E-state index is 13.2. The number of amides is 1. The van der Waals surface area contributed by atoms with Gasteiger partial charge in [-0.05, 0) is 43.3 Å². The fourth-order valence-electron chi connectivity index (χ4n) is 5.10. The number of hydrogen-bond donors (Lipinski definition) is 2. The van der Waals surface area contributed by atoms with Crippen LogP contribution in [0, 0.1) is 11.3 Å². The fraction of sp³-hybridized carbons (Fsp3) is 0.267. The number of benzene rings is 2. The number of aliphatic hydroxyl groups is 1. The fourth-order valence-corrected chi connectivity index (χ4v) is 5.10. The summed E-state index contributed by atoms with van der Waals surface area (Å²) in [5.74, 6) is 0.264. The van der Waals surface area contributed by atoms with Crippen LogP contribution in [0.15, 0.2) is 60.8 Å². The van der Waals surface area contributed by atoms with Crippen molar-refractivity contribution in [2.45, 2.75) is 36.6 Å². The number of halogens is 3. The molecule has 8 nitrogen and oxygen atoms in total. The molecule has 11 heteroatoms. The lowest BCUT2D eigenvalue weighted by Gasteiger charge is -2.18. The third kappa shape index (κ3) is 4.40. The molecule has 1 aliphatic carbocycles. The zero-order valence-corrected chi connectivity index (χ0v) is 21.9. The molecule has 0 bridgehead atoms. The summed E-state index contributed by atoms with van der Waals surface area (Å²) >= 11 is 0. The predicted molar refractivity (Wildman–Crippen MR) is 141 cm³/mol. The minimum atomic E-state index is -4.51. The van der Waals surface area contributed by atoms with Crippen LogP contribution in [-0.4, -0.2) is 40.7 Å². The topological polar surface area (TPSA) is 117 Å². The lowest BCUT2D eigenvalue weighted by molar-refractivity contribution is -0.137. The molecule has 41 heavy (non-hydrogen) atoms. The van der Waals surface area contributed by atoms with Crippen LogP contribution in [0.4, 0.5) is 13.2 Å². The maximum absolute atomic E-state index is 13.2. The van der Waals surface area contributed by atoms with Gasteiger partial charge >= 0.3 is 6.18 Å². The minimum absolute atomic E-state index is 0.0227. The van der Waals surface area contributed by atoms with Gasteiger partial charge in [0.05, 0.1) is 30.5 Å². The quantitative estimate of drug-likeness (QED) is 0.357. The molecular weight excluding hydrogens is 537 g/mol. The first-order valence-corrected chi connectivity index (χ1v) is 12.7. The normalized spacial score (nSPS) is 22.9. The SMILES string of the molecule is COc1cc(C(=O)NC2C[C@@]2(O)c2cc3c(c(-c4ccc(C(F)(F)F)cc4)n2)OC[C@]3(C)C#N)cc2cccnc12. The van der Waals surface area contributed by atoms with Gasteiger partial charge in [0.25, 0.3) is 5.91 Å². The molecule has 1 unspecified atom stereocenters. The monoisotopic (exact) mass is 560 g/mol. The van der Waals surface area contributed by atoms with Crippen molar-refractivity contribution < 1.29 is 32.5 Å². The van der Waals surface area contributed by atoms with Crippen LogP contribution in [0.3, 0.4) is 0 Å². The van der Waals surface area contributed by atoms with Crippen molar-refractivity contribution in [2.75, 3.05) is 13.7 Å². The molecule has 2 aliphatic rings. The lowest BCUT2D eigenvalue weighted by atomic mass is 9.85. The molecule has 3 atom stereocenters. The van der Waals surface area contributed by atoms with E-state index in [1.165, 1.54) is 19.2 Å². The Morgan fingerprint density at radius 2 is 1.98 bits per heavy atom. The van der Waals surface area contributed by atoms with Gasteiger partial charge in [-0.3, -0.25) is 9.78 Å². The number of alkyl halides is 3. The van der Waals surface area contributed by atoms with Gasteiger partial charge in [-0.25, -0.2) is 4.98 Å². The molecule has 2 aromatic heterocycles. The van der Waals surface area contributed by atoms with E-state index in [0.29, 0.717) is 33.3 Å². The Labute approximate surface area is 232 Å². The predicted octanol–water partition coefficient (Wildman–Crippen LogP) is 4.89. The molecule has 6 rings (SSSR count). The molecule has 1 amide bonds. The van der Waals surface area contributed by atoms with Gasteiger partial charge in [-0.2, -0.15) is 18.4 Å². The van der Waals surface area contributed by atoms with Gasteiger partial charge in [-0.1, -0.05) is 18.2 Å². The molecule has 208 valence electrons. The van der Waals surface area contributed by atoms with E-state index in [2.05, 4.69) is 21.4 Å². The highest BCUT2D eigenvalue weighted by Crippen LogP contribution is 2.51. The van der Waals surface area contributed by atoms with Gasteiger partial charge in [0.2, 0.25) is 0 Å². The Morgan fingerprint density at radius 1 is 1.22 bits per heavy atom. The zero-order chi connectivity index (χ0) is 29.2. The van der Waals surface area contributed by atoms with Gasteiger partial charge in [0.1, 0.15) is 34.6 Å². The molecule has 4 aromatic rings. The molecule has 0 saturated heterocycles. The van der Waals surface area contributed by atoms with E-state index in [0.717, 1.165) is 12.1 Å². The first kappa shape index (κ1) is 26.5. The summed E-state index contributed by atoms with van der Waals surface area (Å²) in [5, 5.41) is 25.0. The number of pyridine rings is 2. The Morgan fingerprint density at radius 3 is 2.66 bits per heavy atom. The second-order valence-electron chi connectivity index (χ2n) is 10.4. The van der Waals surface area contributed by atoms with Crippen LogP contribution in [0.2, 0.25) is 0 Å². The van der Waals surface area contributed by atoms with Crippen LogP contribution in [0.5, 0.6) is 11.5 Å². The van der Waals surface area contributed by atoms with E-state index in [9.17, 15) is 28.3 Å². The summed E-state index contributed by atoms with van der Waals surface area (Å²) in [7, 11) is 1.48. The third-order valence-electron chi connectivity index (χ3n) is 7.64. The number of nitriles is 1. The number of fused-ring (bicyclic) bond motifs is 2. The first-order valence-electron chi connectivity index (χ1n) is 12.7. The summed E-state index contributed by atoms with van der Waals surface area (Å²) in [6.45, 7) is 1.70. The zero-order valence-electron chi connectivity index (χ0n) is 21.9. The Kier molecular flexibility index (Phi) is 5.94. The van der Waals surface area contributed by atoms with E-state index < -0.39 is 34.7 Å². The molecule has 2 N–H and O–H groups in total. The van der Waals surface area contributed by atoms with Crippen molar-refractivity contribution in [3.8, 4) is 28.8 Å². The molecule has 0 spiro atoms. The highest BCUT2D eigenvalue weighted by atomic mass is 19.4. The van der Waals surface area contributed by atoms with E-state index >= 15 is 0 Å². The van der Waals surface area contributed by atoms with Crippen LogP contribution >= 0.6 is 0 Å². The molecule has 2 aromatic carbocycles. The molecule has 0 radical (unpaired) electrons. The molecular formula is C30H23F3N4O4. The Hall–Kier alpha value is -4.69. The number of rotatable bonds is 5. The van der Waals surface area contributed by atoms with Gasteiger partial charge in [0.15, 0.2) is 5.75 Å².